The first-order chi connectivity index (χ1) is 15.9. The van der Waals surface area contributed by atoms with E-state index in [0.717, 1.165) is 0 Å². The van der Waals surface area contributed by atoms with E-state index in [1.165, 1.54) is 18.2 Å². The predicted molar refractivity (Wildman–Crippen MR) is 125 cm³/mol. The zero-order valence-electron chi connectivity index (χ0n) is 16.9. The van der Waals surface area contributed by atoms with Crippen LogP contribution >= 0.6 is 11.6 Å². The van der Waals surface area contributed by atoms with E-state index < -0.39 is 10.8 Å². The Bertz CT molecular complexity index is 1370. The highest BCUT2D eigenvalue weighted by molar-refractivity contribution is 6.31. The normalized spacial score (nSPS) is 10.5. The Kier molecular flexibility index (Phi) is 6.19. The molecule has 0 aliphatic rings. The Labute approximate surface area is 193 Å². The molecule has 0 aliphatic heterocycles. The summed E-state index contributed by atoms with van der Waals surface area (Å²) in [5.74, 6) is -0.703. The summed E-state index contributed by atoms with van der Waals surface area (Å²) in [6.45, 7) is 0. The average Bonchev–Trinajstić information content (AvgIpc) is 3.30. The average molecular weight is 462 g/mol. The van der Waals surface area contributed by atoms with E-state index in [2.05, 4.69) is 10.6 Å². The second-order valence-electron chi connectivity index (χ2n) is 6.94. The summed E-state index contributed by atoms with van der Waals surface area (Å²) < 4.78 is 5.56. The number of carbonyl (C=O) groups is 2. The fourth-order valence-corrected chi connectivity index (χ4v) is 3.34. The predicted octanol–water partition coefficient (Wildman–Crippen LogP) is 6.01. The smallest absolute Gasteiger partial charge is 0.291 e. The number of carbonyl (C=O) groups excluding carboxylic acids is 2. The molecule has 0 spiro atoms. The molecule has 1 heterocycles. The van der Waals surface area contributed by atoms with Crippen LogP contribution in [0.5, 0.6) is 0 Å². The number of nitro benzene ring substituents is 1. The van der Waals surface area contributed by atoms with Gasteiger partial charge in [-0.25, -0.2) is 0 Å². The minimum atomic E-state index is -0.543. The van der Waals surface area contributed by atoms with Gasteiger partial charge in [-0.1, -0.05) is 35.9 Å². The minimum absolute atomic E-state index is 0.0171. The highest BCUT2D eigenvalue weighted by Crippen LogP contribution is 2.31. The van der Waals surface area contributed by atoms with Gasteiger partial charge >= 0.3 is 0 Å². The van der Waals surface area contributed by atoms with Crippen LogP contribution in [0.2, 0.25) is 5.02 Å². The summed E-state index contributed by atoms with van der Waals surface area (Å²) in [6, 6.07) is 22.2. The number of benzene rings is 3. The van der Waals surface area contributed by atoms with Crippen molar-refractivity contribution in [3.8, 4) is 11.3 Å². The highest BCUT2D eigenvalue weighted by atomic mass is 35.5. The zero-order chi connectivity index (χ0) is 23.4. The van der Waals surface area contributed by atoms with Crippen LogP contribution in [0.4, 0.5) is 17.1 Å². The van der Waals surface area contributed by atoms with E-state index in [0.29, 0.717) is 22.0 Å². The third-order valence-corrected chi connectivity index (χ3v) is 4.90. The Morgan fingerprint density at radius 2 is 1.52 bits per heavy atom. The van der Waals surface area contributed by atoms with Crippen LogP contribution in [-0.4, -0.2) is 16.7 Å². The van der Waals surface area contributed by atoms with Crippen molar-refractivity contribution in [3.63, 3.8) is 0 Å². The molecule has 9 heteroatoms. The monoisotopic (exact) mass is 461 g/mol. The first kappa shape index (κ1) is 21.8. The van der Waals surface area contributed by atoms with Crippen LogP contribution in [0, 0.1) is 10.1 Å². The summed E-state index contributed by atoms with van der Waals surface area (Å²) >= 11 is 5.93. The molecule has 2 N–H and O–H groups in total. The van der Waals surface area contributed by atoms with Gasteiger partial charge in [0.2, 0.25) is 0 Å². The Hall–Kier alpha value is -4.43. The maximum Gasteiger partial charge on any atom is 0.291 e. The maximum atomic E-state index is 12.6. The number of nitrogens with zero attached hydrogens (tertiary/aromatic N) is 1. The summed E-state index contributed by atoms with van der Waals surface area (Å²) in [4.78, 5) is 35.8. The van der Waals surface area contributed by atoms with Gasteiger partial charge in [0.15, 0.2) is 5.76 Å². The number of anilines is 2. The number of para-hydroxylation sites is 1. The van der Waals surface area contributed by atoms with Crippen molar-refractivity contribution in [2.75, 3.05) is 10.6 Å². The topological polar surface area (TPSA) is 114 Å². The van der Waals surface area contributed by atoms with Crippen molar-refractivity contribution >= 4 is 40.5 Å². The summed E-state index contributed by atoms with van der Waals surface area (Å²) in [5.41, 5.74) is 1.44. The fourth-order valence-electron chi connectivity index (χ4n) is 3.15. The second-order valence-corrected chi connectivity index (χ2v) is 7.37. The Morgan fingerprint density at radius 1 is 0.818 bits per heavy atom. The molecule has 0 fully saturated rings. The summed E-state index contributed by atoms with van der Waals surface area (Å²) in [5, 5.41) is 17.1. The van der Waals surface area contributed by atoms with E-state index in [-0.39, 0.29) is 28.7 Å². The first-order valence-electron chi connectivity index (χ1n) is 9.73. The summed E-state index contributed by atoms with van der Waals surface area (Å²) in [6.07, 6.45) is 0. The number of rotatable bonds is 6. The van der Waals surface area contributed by atoms with Crippen molar-refractivity contribution in [2.24, 2.45) is 0 Å². The molecule has 0 unspecified atom stereocenters. The molecule has 3 aromatic carbocycles. The lowest BCUT2D eigenvalue weighted by Crippen LogP contribution is -2.13. The number of hydrogen-bond donors (Lipinski definition) is 2. The molecule has 164 valence electrons. The molecule has 4 rings (SSSR count). The van der Waals surface area contributed by atoms with Gasteiger partial charge in [-0.15, -0.1) is 0 Å². The molecular weight excluding hydrogens is 446 g/mol. The van der Waals surface area contributed by atoms with Gasteiger partial charge < -0.3 is 15.1 Å². The SMILES string of the molecule is O=C(Nc1cccc(NC(=O)c2ccc(-c3ccccc3[N+](=O)[O-])o2)c1)c1cccc(Cl)c1. The second kappa shape index (κ2) is 9.37. The fraction of sp³-hybridized carbons (Fsp3) is 0. The molecule has 0 saturated carbocycles. The summed E-state index contributed by atoms with van der Waals surface area (Å²) in [7, 11) is 0. The largest absolute Gasteiger partial charge is 0.451 e. The van der Waals surface area contributed by atoms with Crippen LogP contribution < -0.4 is 10.6 Å². The number of amides is 2. The molecule has 0 bridgehead atoms. The van der Waals surface area contributed by atoms with Crippen molar-refractivity contribution < 1.29 is 18.9 Å². The highest BCUT2D eigenvalue weighted by Gasteiger charge is 2.19. The van der Waals surface area contributed by atoms with Crippen LogP contribution in [0.15, 0.2) is 89.3 Å². The Balaban J connectivity index is 1.48. The van der Waals surface area contributed by atoms with Gasteiger partial charge in [-0.2, -0.15) is 0 Å². The standard InChI is InChI=1S/C24H16ClN3O5/c25-16-6-3-5-15(13-16)23(29)26-17-7-4-8-18(14-17)27-24(30)22-12-11-21(33-22)19-9-1-2-10-20(19)28(31)32/h1-14H,(H,26,29)(H,27,30). The molecule has 0 atom stereocenters. The van der Waals surface area contributed by atoms with Crippen molar-refractivity contribution in [2.45, 2.75) is 0 Å². The van der Waals surface area contributed by atoms with Crippen molar-refractivity contribution in [3.05, 3.63) is 111 Å². The van der Waals surface area contributed by atoms with Crippen LogP contribution in [0.25, 0.3) is 11.3 Å². The van der Waals surface area contributed by atoms with E-state index in [1.54, 1.807) is 66.7 Å². The van der Waals surface area contributed by atoms with E-state index in [9.17, 15) is 19.7 Å². The third kappa shape index (κ3) is 5.08. The lowest BCUT2D eigenvalue weighted by Gasteiger charge is -2.08. The molecule has 2 amide bonds. The van der Waals surface area contributed by atoms with E-state index >= 15 is 0 Å². The number of halogens is 1. The van der Waals surface area contributed by atoms with Gasteiger partial charge in [-0.3, -0.25) is 19.7 Å². The molecule has 0 radical (unpaired) electrons. The van der Waals surface area contributed by atoms with E-state index in [4.69, 9.17) is 16.0 Å². The van der Waals surface area contributed by atoms with Gasteiger partial charge in [0.05, 0.1) is 10.5 Å². The number of nitro groups is 1. The quantitative estimate of drug-likeness (QED) is 0.269. The molecule has 8 nitrogen and oxygen atoms in total. The molecule has 0 aliphatic carbocycles. The molecule has 33 heavy (non-hydrogen) atoms. The molecule has 0 saturated heterocycles. The van der Waals surface area contributed by atoms with Crippen LogP contribution in [0.1, 0.15) is 20.9 Å². The van der Waals surface area contributed by atoms with Gasteiger partial charge in [0.1, 0.15) is 5.76 Å². The van der Waals surface area contributed by atoms with Gasteiger partial charge in [-0.05, 0) is 54.6 Å². The number of nitrogens with one attached hydrogen (secondary N) is 2. The van der Waals surface area contributed by atoms with Gasteiger partial charge in [0.25, 0.3) is 17.5 Å². The maximum absolute atomic E-state index is 12.6. The molecule has 4 aromatic rings. The number of furan rings is 1. The van der Waals surface area contributed by atoms with E-state index in [1.807, 2.05) is 0 Å². The lowest BCUT2D eigenvalue weighted by molar-refractivity contribution is -0.384. The minimum Gasteiger partial charge on any atom is -0.451 e. The molecule has 1 aromatic heterocycles. The van der Waals surface area contributed by atoms with Crippen molar-refractivity contribution in [1.82, 2.24) is 0 Å². The number of hydrogen-bond acceptors (Lipinski definition) is 5. The van der Waals surface area contributed by atoms with Crippen molar-refractivity contribution in [1.29, 1.82) is 0 Å². The molecular formula is C24H16ClN3O5. The van der Waals surface area contributed by atoms with Crippen LogP contribution in [0.3, 0.4) is 0 Å². The first-order valence-corrected chi connectivity index (χ1v) is 10.1. The zero-order valence-corrected chi connectivity index (χ0v) is 17.7. The Morgan fingerprint density at radius 3 is 2.24 bits per heavy atom. The van der Waals surface area contributed by atoms with Gasteiger partial charge in [0, 0.05) is 28.0 Å². The third-order valence-electron chi connectivity index (χ3n) is 4.66. The lowest BCUT2D eigenvalue weighted by atomic mass is 10.1. The van der Waals surface area contributed by atoms with Crippen LogP contribution in [-0.2, 0) is 0 Å².